The number of hydrogen-bond donors (Lipinski definition) is 0. The predicted molar refractivity (Wildman–Crippen MR) is 22.1 cm³/mol. The molecule has 0 aliphatic rings. The van der Waals surface area contributed by atoms with Crippen LogP contribution in [0.5, 0.6) is 0 Å². The first kappa shape index (κ1) is 16.0. The Labute approximate surface area is 54.8 Å². The summed E-state index contributed by atoms with van der Waals surface area (Å²) in [7, 11) is 0. The zero-order valence-electron chi connectivity index (χ0n) is 1.97. The molecule has 0 bridgehead atoms. The van der Waals surface area contributed by atoms with Crippen molar-refractivity contribution >= 4 is 30.5 Å². The summed E-state index contributed by atoms with van der Waals surface area (Å²) in [4.78, 5) is 0. The molecule has 0 unspecified atom stereocenters. The molecular formula is H2AuCl2OP. The fraction of sp³-hybridized carbons (Fsp3) is 0. The second-order valence-corrected chi connectivity index (χ2v) is 1.35. The molecule has 0 aromatic heterocycles. The summed E-state index contributed by atoms with van der Waals surface area (Å²) < 4.78 is 8.88. The molecule has 0 heterocycles. The van der Waals surface area contributed by atoms with E-state index in [0.29, 0.717) is 0 Å². The fourth-order valence-electron chi connectivity index (χ4n) is 0. The zero-order chi connectivity index (χ0) is 2.71. The van der Waals surface area contributed by atoms with Gasteiger partial charge in [0.05, 0.1) is 0 Å². The zero-order valence-corrected chi connectivity index (χ0v) is 6.67. The molecule has 0 rings (SSSR count). The summed E-state index contributed by atoms with van der Waals surface area (Å²) in [6, 6.07) is 0. The maximum absolute atomic E-state index is 8.88. The Hall–Kier alpha value is 1.55. The van der Waals surface area contributed by atoms with Gasteiger partial charge in [-0.3, -0.25) is 0 Å². The van der Waals surface area contributed by atoms with E-state index in [1.54, 1.807) is 0 Å². The van der Waals surface area contributed by atoms with E-state index in [0.717, 1.165) is 0 Å². The van der Waals surface area contributed by atoms with Crippen molar-refractivity contribution in [3.8, 4) is 0 Å². The van der Waals surface area contributed by atoms with Gasteiger partial charge in [-0.25, -0.2) is 0 Å². The third kappa shape index (κ3) is 29.1. The van der Waals surface area contributed by atoms with Crippen LogP contribution in [0, 0.1) is 0 Å². The molecule has 0 aromatic rings. The van der Waals surface area contributed by atoms with Gasteiger partial charge < -0.3 is 0 Å². The second kappa shape index (κ2) is 17.7. The van der Waals surface area contributed by atoms with E-state index < -0.39 is 0 Å². The Kier molecular flexibility index (Phi) is 56.6. The standard InChI is InChI=1S/Au.2ClH.OP/c;;;1-2/h;2*1H;/q+1;;;-1. The normalized spacial score (nSPS) is 2.80. The summed E-state index contributed by atoms with van der Waals surface area (Å²) in [5, 5.41) is 0. The molecular weight excluding hydrogens is 315 g/mol. The average Bonchev–Trinajstić information content (AvgIpc) is 0.918. The van der Waals surface area contributed by atoms with Crippen molar-refractivity contribution < 1.29 is 24.4 Å². The van der Waals surface area contributed by atoms with Crippen LogP contribution in [0.1, 0.15) is 0 Å². The number of rotatable bonds is 0. The van der Waals surface area contributed by atoms with Gasteiger partial charge in [0, 0.05) is 0 Å². The van der Waals surface area contributed by atoms with Gasteiger partial charge in [0.15, 0.2) is 0 Å². The summed E-state index contributed by atoms with van der Waals surface area (Å²) in [6.45, 7) is 0. The molecule has 0 aliphatic carbocycles. The van der Waals surface area contributed by atoms with Crippen LogP contribution < -0.4 is 0 Å². The molecule has 0 spiro atoms. The van der Waals surface area contributed by atoms with Crippen molar-refractivity contribution in [1.29, 1.82) is 0 Å². The molecule has 1 nitrogen and oxygen atoms in total. The molecule has 0 aromatic carbocycles. The van der Waals surface area contributed by atoms with Crippen LogP contribution in [0.2, 0.25) is 0 Å². The summed E-state index contributed by atoms with van der Waals surface area (Å²) in [5.41, 5.74) is 0.111. The third-order valence-corrected chi connectivity index (χ3v) is 0. The molecule has 5 heavy (non-hydrogen) atoms. The molecule has 0 aliphatic heterocycles. The van der Waals surface area contributed by atoms with Crippen molar-refractivity contribution in [3.63, 3.8) is 0 Å². The fourth-order valence-corrected chi connectivity index (χ4v) is 0. The van der Waals surface area contributed by atoms with Crippen molar-refractivity contribution in [2.24, 2.45) is 0 Å². The van der Waals surface area contributed by atoms with E-state index in [-0.39, 0.29) is 30.5 Å². The molecule has 0 atom stereocenters. The average molecular weight is 317 g/mol. The van der Waals surface area contributed by atoms with Crippen LogP contribution in [-0.2, 0) is 24.4 Å². The van der Waals surface area contributed by atoms with E-state index in [4.69, 9.17) is 4.57 Å². The maximum atomic E-state index is 8.88. The van der Waals surface area contributed by atoms with E-state index >= 15 is 0 Å². The summed E-state index contributed by atoms with van der Waals surface area (Å²) in [5.74, 6) is 0. The van der Waals surface area contributed by atoms with E-state index in [1.165, 1.54) is 0 Å². The molecule has 0 radical (unpaired) electrons. The Bertz CT molecular complexity index is 55.8. The summed E-state index contributed by atoms with van der Waals surface area (Å²) in [6.07, 6.45) is 0. The van der Waals surface area contributed by atoms with Crippen LogP contribution in [-0.4, -0.2) is 0 Å². The van der Waals surface area contributed by atoms with Crippen molar-refractivity contribution in [1.82, 2.24) is 0 Å². The van der Waals surface area contributed by atoms with Gasteiger partial charge in [-0.05, 0) is 0 Å². The van der Waals surface area contributed by atoms with Crippen LogP contribution in [0.3, 0.4) is 0 Å². The minimum absolute atomic E-state index is 0. The predicted octanol–water partition coefficient (Wildman–Crippen LogP) is 1.58. The van der Waals surface area contributed by atoms with Gasteiger partial charge in [-0.15, -0.1) is 24.8 Å². The van der Waals surface area contributed by atoms with Gasteiger partial charge in [0.2, 0.25) is 0 Å². The van der Waals surface area contributed by atoms with Gasteiger partial charge in [0.1, 0.15) is 0 Å². The van der Waals surface area contributed by atoms with Crippen LogP contribution in [0.15, 0.2) is 0 Å². The molecule has 0 amide bonds. The Balaban J connectivity index is -0.0000000200. The van der Waals surface area contributed by atoms with Crippen molar-refractivity contribution in [2.75, 3.05) is 0 Å². The van der Waals surface area contributed by atoms with E-state index in [1.807, 2.05) is 19.8 Å². The Morgan fingerprint density at radius 3 is 1.40 bits per heavy atom. The van der Waals surface area contributed by atoms with E-state index in [9.17, 15) is 0 Å². The number of halogens is 2. The first-order valence-corrected chi connectivity index (χ1v) is 3.86. The first-order chi connectivity index (χ1) is 1.41. The Morgan fingerprint density at radius 1 is 1.40 bits per heavy atom. The van der Waals surface area contributed by atoms with Gasteiger partial charge >= 0.3 is 30.0 Å². The molecule has 38 valence electrons. The van der Waals surface area contributed by atoms with Crippen LogP contribution in [0.4, 0.5) is 0 Å². The first-order valence-electron chi connectivity index (χ1n) is 0.317. The molecule has 0 saturated carbocycles. The molecule has 5 heteroatoms. The van der Waals surface area contributed by atoms with Crippen molar-refractivity contribution in [3.05, 3.63) is 0 Å². The van der Waals surface area contributed by atoms with E-state index in [2.05, 4.69) is 0 Å². The third-order valence-electron chi connectivity index (χ3n) is 0. The topological polar surface area (TPSA) is 17.1 Å². The van der Waals surface area contributed by atoms with Crippen molar-refractivity contribution in [2.45, 2.75) is 0 Å². The van der Waals surface area contributed by atoms with Gasteiger partial charge in [-0.2, -0.15) is 0 Å². The van der Waals surface area contributed by atoms with Crippen LogP contribution in [0.25, 0.3) is 0 Å². The van der Waals surface area contributed by atoms with Gasteiger partial charge in [0.25, 0.3) is 0 Å². The monoisotopic (exact) mass is 316 g/mol. The molecule has 0 saturated heterocycles. The molecule has 0 fully saturated rings. The second-order valence-electron chi connectivity index (χ2n) is 0.0550. The van der Waals surface area contributed by atoms with Crippen LogP contribution >= 0.6 is 30.5 Å². The molecule has 0 N–H and O–H groups in total. The number of hydrogen-bond acceptors (Lipinski definition) is 1. The summed E-state index contributed by atoms with van der Waals surface area (Å²) >= 11 is 1.84. The van der Waals surface area contributed by atoms with Gasteiger partial charge in [-0.1, -0.05) is 0 Å². The quantitative estimate of drug-likeness (QED) is 0.490. The minimum atomic E-state index is 0. The Morgan fingerprint density at radius 2 is 1.40 bits per heavy atom. The SMILES string of the molecule is Cl.Cl.O=[P]#[Au].